The summed E-state index contributed by atoms with van der Waals surface area (Å²) in [5.41, 5.74) is 0.0226. The first-order valence-corrected chi connectivity index (χ1v) is 6.87. The third kappa shape index (κ3) is 4.38. The van der Waals surface area contributed by atoms with E-state index in [-0.39, 0.29) is 5.41 Å². The highest BCUT2D eigenvalue weighted by atomic mass is 32.1. The van der Waals surface area contributed by atoms with Crippen LogP contribution in [0.15, 0.2) is 17.3 Å². The Labute approximate surface area is 108 Å². The second kappa shape index (κ2) is 6.64. The lowest BCUT2D eigenvalue weighted by Gasteiger charge is -2.18. The third-order valence-electron chi connectivity index (χ3n) is 2.45. The molecule has 0 fully saturated rings. The van der Waals surface area contributed by atoms with E-state index in [1.165, 1.54) is 0 Å². The number of hydrogen-bond donors (Lipinski definition) is 0. The first kappa shape index (κ1) is 14.0. The van der Waals surface area contributed by atoms with E-state index in [4.69, 9.17) is 0 Å². The molecule has 0 saturated heterocycles. The third-order valence-corrected chi connectivity index (χ3v) is 3.80. The number of allylic oxidation sites excluding steroid dienone is 1. The molecule has 17 heavy (non-hydrogen) atoms. The van der Waals surface area contributed by atoms with Crippen molar-refractivity contribution in [3.63, 3.8) is 0 Å². The summed E-state index contributed by atoms with van der Waals surface area (Å²) in [6.07, 6.45) is 8.71. The lowest BCUT2D eigenvalue weighted by Crippen LogP contribution is -2.17. The number of rotatable bonds is 6. The van der Waals surface area contributed by atoms with E-state index in [2.05, 4.69) is 36.0 Å². The van der Waals surface area contributed by atoms with Crippen LogP contribution in [-0.2, 0) is 11.8 Å². The summed E-state index contributed by atoms with van der Waals surface area (Å²) in [6.45, 7) is 8.50. The highest BCUT2D eigenvalue weighted by Gasteiger charge is 2.24. The minimum Gasteiger partial charge on any atom is -0.269 e. The largest absolute Gasteiger partial charge is 0.269 e. The molecule has 4 heteroatoms. The molecule has 0 radical (unpaired) electrons. The number of hydrogen-bond acceptors (Lipinski definition) is 4. The van der Waals surface area contributed by atoms with Gasteiger partial charge in [0, 0.05) is 24.3 Å². The summed E-state index contributed by atoms with van der Waals surface area (Å²) in [7, 11) is 0. The minimum atomic E-state index is 0.0226. The molecule has 0 unspecified atom stereocenters. The van der Waals surface area contributed by atoms with Crippen LogP contribution in [0.2, 0.25) is 0 Å². The SMILES string of the molecule is C/C=C\N=C/CC(C)(C)c1nnc(CCC)s1. The Morgan fingerprint density at radius 2 is 2.12 bits per heavy atom. The molecule has 3 nitrogen and oxygen atoms in total. The van der Waals surface area contributed by atoms with Crippen molar-refractivity contribution < 1.29 is 0 Å². The van der Waals surface area contributed by atoms with Gasteiger partial charge in [-0.1, -0.05) is 26.8 Å². The monoisotopic (exact) mass is 251 g/mol. The maximum Gasteiger partial charge on any atom is 0.123 e. The van der Waals surface area contributed by atoms with Gasteiger partial charge in [0.25, 0.3) is 0 Å². The first-order valence-electron chi connectivity index (χ1n) is 6.06. The molecule has 0 amide bonds. The van der Waals surface area contributed by atoms with Crippen molar-refractivity contribution >= 4 is 17.6 Å². The van der Waals surface area contributed by atoms with Crippen molar-refractivity contribution in [2.24, 2.45) is 4.99 Å². The average molecular weight is 251 g/mol. The van der Waals surface area contributed by atoms with Gasteiger partial charge in [0.05, 0.1) is 0 Å². The second-order valence-corrected chi connectivity index (χ2v) is 5.72. The normalized spacial score (nSPS) is 12.9. The first-order chi connectivity index (χ1) is 8.10. The molecule has 0 atom stereocenters. The highest BCUT2D eigenvalue weighted by molar-refractivity contribution is 7.11. The molecular formula is C13H21N3S. The summed E-state index contributed by atoms with van der Waals surface area (Å²) in [5.74, 6) is 0. The van der Waals surface area contributed by atoms with E-state index in [1.807, 2.05) is 19.2 Å². The molecule has 94 valence electrons. The summed E-state index contributed by atoms with van der Waals surface area (Å²) < 4.78 is 0. The van der Waals surface area contributed by atoms with Crippen LogP contribution in [-0.4, -0.2) is 16.4 Å². The number of nitrogens with zero attached hydrogens (tertiary/aromatic N) is 3. The molecule has 1 aromatic rings. The zero-order chi connectivity index (χ0) is 12.7. The van der Waals surface area contributed by atoms with E-state index in [9.17, 15) is 0 Å². The van der Waals surface area contributed by atoms with Crippen LogP contribution in [0.1, 0.15) is 50.6 Å². The fourth-order valence-corrected chi connectivity index (χ4v) is 2.41. The fourth-order valence-electron chi connectivity index (χ4n) is 1.36. The predicted molar refractivity (Wildman–Crippen MR) is 74.9 cm³/mol. The smallest absolute Gasteiger partial charge is 0.123 e. The Morgan fingerprint density at radius 3 is 2.76 bits per heavy atom. The molecular weight excluding hydrogens is 230 g/mol. The van der Waals surface area contributed by atoms with Crippen LogP contribution >= 0.6 is 11.3 Å². The van der Waals surface area contributed by atoms with E-state index in [0.717, 1.165) is 29.3 Å². The van der Waals surface area contributed by atoms with Crippen molar-refractivity contribution in [2.75, 3.05) is 0 Å². The van der Waals surface area contributed by atoms with Crippen LogP contribution in [0.5, 0.6) is 0 Å². The molecule has 0 N–H and O–H groups in total. The van der Waals surface area contributed by atoms with Gasteiger partial charge in [-0.3, -0.25) is 4.99 Å². The summed E-state index contributed by atoms with van der Waals surface area (Å²) in [5, 5.41) is 10.8. The van der Waals surface area contributed by atoms with Gasteiger partial charge < -0.3 is 0 Å². The predicted octanol–water partition coefficient (Wildman–Crippen LogP) is 3.76. The molecule has 1 rings (SSSR count). The van der Waals surface area contributed by atoms with Gasteiger partial charge in [0.1, 0.15) is 10.0 Å². The van der Waals surface area contributed by atoms with E-state index in [1.54, 1.807) is 17.5 Å². The lowest BCUT2D eigenvalue weighted by molar-refractivity contribution is 0.543. The Balaban J connectivity index is 2.67. The second-order valence-electron chi connectivity index (χ2n) is 4.65. The van der Waals surface area contributed by atoms with Crippen LogP contribution in [0.25, 0.3) is 0 Å². The molecule has 1 aromatic heterocycles. The average Bonchev–Trinajstić information content (AvgIpc) is 2.74. The lowest BCUT2D eigenvalue weighted by atomic mass is 9.91. The summed E-state index contributed by atoms with van der Waals surface area (Å²) in [4.78, 5) is 4.19. The Morgan fingerprint density at radius 1 is 1.35 bits per heavy atom. The molecule has 0 aromatic carbocycles. The van der Waals surface area contributed by atoms with Gasteiger partial charge >= 0.3 is 0 Å². The molecule has 1 heterocycles. The Bertz CT molecular complexity index is 391. The number of aromatic nitrogens is 2. The van der Waals surface area contributed by atoms with E-state index in [0.29, 0.717) is 0 Å². The van der Waals surface area contributed by atoms with Crippen LogP contribution in [0.3, 0.4) is 0 Å². The van der Waals surface area contributed by atoms with Gasteiger partial charge in [-0.2, -0.15) is 0 Å². The van der Waals surface area contributed by atoms with Crippen molar-refractivity contribution in [3.8, 4) is 0 Å². The van der Waals surface area contributed by atoms with Crippen LogP contribution in [0.4, 0.5) is 0 Å². The van der Waals surface area contributed by atoms with Crippen molar-refractivity contribution in [1.29, 1.82) is 0 Å². The quantitative estimate of drug-likeness (QED) is 0.722. The topological polar surface area (TPSA) is 38.1 Å². The maximum atomic E-state index is 4.29. The van der Waals surface area contributed by atoms with Gasteiger partial charge in [-0.05, 0) is 19.8 Å². The zero-order valence-electron chi connectivity index (χ0n) is 11.1. The van der Waals surface area contributed by atoms with Gasteiger partial charge in [0.2, 0.25) is 0 Å². The fraction of sp³-hybridized carbons (Fsp3) is 0.615. The standard InChI is InChI=1S/C13H21N3S/c1-5-7-11-15-16-12(17-11)13(3,4)8-10-14-9-6-2/h6,9-10H,5,7-8H2,1-4H3/b9-6-,14-10-. The zero-order valence-corrected chi connectivity index (χ0v) is 11.9. The molecule has 0 aliphatic carbocycles. The van der Waals surface area contributed by atoms with E-state index >= 15 is 0 Å². The minimum absolute atomic E-state index is 0.0226. The Kier molecular flexibility index (Phi) is 5.48. The van der Waals surface area contributed by atoms with Crippen LogP contribution in [0, 0.1) is 0 Å². The van der Waals surface area contributed by atoms with Crippen molar-refractivity contribution in [1.82, 2.24) is 10.2 Å². The molecule has 0 spiro atoms. The highest BCUT2D eigenvalue weighted by Crippen LogP contribution is 2.29. The molecule has 0 saturated carbocycles. The van der Waals surface area contributed by atoms with Crippen molar-refractivity contribution in [3.05, 3.63) is 22.3 Å². The number of aliphatic imine (C=N–C) groups is 1. The van der Waals surface area contributed by atoms with Gasteiger partial charge in [-0.25, -0.2) is 0 Å². The van der Waals surface area contributed by atoms with Crippen molar-refractivity contribution in [2.45, 2.75) is 52.4 Å². The summed E-state index contributed by atoms with van der Waals surface area (Å²) in [6, 6.07) is 0. The maximum absolute atomic E-state index is 4.29. The molecule has 0 bridgehead atoms. The number of aryl methyl sites for hydroxylation is 1. The van der Waals surface area contributed by atoms with E-state index < -0.39 is 0 Å². The summed E-state index contributed by atoms with van der Waals surface area (Å²) >= 11 is 1.73. The molecule has 0 aliphatic heterocycles. The van der Waals surface area contributed by atoms with Gasteiger partial charge in [0.15, 0.2) is 0 Å². The van der Waals surface area contributed by atoms with Crippen LogP contribution < -0.4 is 0 Å². The Hall–Kier alpha value is -1.03. The van der Waals surface area contributed by atoms with Gasteiger partial charge in [-0.15, -0.1) is 21.5 Å². The molecule has 0 aliphatic rings.